The van der Waals surface area contributed by atoms with Crippen LogP contribution in [0.15, 0.2) is 29.1 Å². The first-order chi connectivity index (χ1) is 10.6. The Hall–Kier alpha value is -2.19. The number of ether oxygens (including phenoxy) is 1. The fraction of sp³-hybridized carbons (Fsp3) is 0.385. The lowest BCUT2D eigenvalue weighted by molar-refractivity contribution is -0.136. The van der Waals surface area contributed by atoms with E-state index in [2.05, 4.69) is 10.3 Å². The molecule has 1 fully saturated rings. The van der Waals surface area contributed by atoms with Gasteiger partial charge in [0.25, 0.3) is 0 Å². The molecule has 116 valence electrons. The Morgan fingerprint density at radius 3 is 2.82 bits per heavy atom. The molecule has 8 nitrogen and oxygen atoms in total. The van der Waals surface area contributed by atoms with Gasteiger partial charge in [-0.05, 0) is 23.4 Å². The van der Waals surface area contributed by atoms with Gasteiger partial charge < -0.3 is 9.64 Å². The van der Waals surface area contributed by atoms with Crippen LogP contribution in [0.3, 0.4) is 0 Å². The summed E-state index contributed by atoms with van der Waals surface area (Å²) in [5, 5.41) is 7.80. The summed E-state index contributed by atoms with van der Waals surface area (Å²) in [6.07, 6.45) is 0. The van der Waals surface area contributed by atoms with Crippen molar-refractivity contribution in [3.8, 4) is 5.69 Å². The maximum absolute atomic E-state index is 12.3. The molecule has 22 heavy (non-hydrogen) atoms. The Kier molecular flexibility index (Phi) is 4.21. The van der Waals surface area contributed by atoms with E-state index in [0.29, 0.717) is 37.0 Å². The van der Waals surface area contributed by atoms with Crippen molar-refractivity contribution in [3.05, 3.63) is 39.8 Å². The van der Waals surface area contributed by atoms with E-state index in [1.165, 1.54) is 9.48 Å². The third-order valence-corrected chi connectivity index (χ3v) is 3.59. The van der Waals surface area contributed by atoms with Gasteiger partial charge in [-0.3, -0.25) is 4.79 Å². The Bertz CT molecular complexity index is 735. The number of morpholine rings is 1. The molecule has 1 aromatic carbocycles. The molecule has 9 heteroatoms. The predicted octanol–water partition coefficient (Wildman–Crippen LogP) is -0.0588. The fourth-order valence-corrected chi connectivity index (χ4v) is 2.41. The molecule has 0 spiro atoms. The van der Waals surface area contributed by atoms with E-state index in [1.807, 2.05) is 0 Å². The van der Waals surface area contributed by atoms with E-state index in [9.17, 15) is 9.59 Å². The lowest BCUT2D eigenvalue weighted by atomic mass is 10.3. The van der Waals surface area contributed by atoms with Crippen LogP contribution in [0.5, 0.6) is 0 Å². The summed E-state index contributed by atoms with van der Waals surface area (Å²) >= 11 is 5.94. The lowest BCUT2D eigenvalue weighted by Crippen LogP contribution is -2.44. The van der Waals surface area contributed by atoms with Gasteiger partial charge in [0.2, 0.25) is 5.91 Å². The molecule has 2 aromatic rings. The minimum absolute atomic E-state index is 0.127. The molecule has 1 aliphatic heterocycles. The molecule has 1 amide bonds. The number of hydrogen-bond donors (Lipinski definition) is 0. The van der Waals surface area contributed by atoms with E-state index in [-0.39, 0.29) is 12.5 Å². The third-order valence-electron chi connectivity index (χ3n) is 3.35. The van der Waals surface area contributed by atoms with Crippen LogP contribution >= 0.6 is 11.6 Å². The van der Waals surface area contributed by atoms with Gasteiger partial charge in [0.05, 0.1) is 18.9 Å². The summed E-state index contributed by atoms with van der Waals surface area (Å²) in [4.78, 5) is 27.1. The molecular formula is C13H14ClN5O3. The largest absolute Gasteiger partial charge is 0.384 e. The molecule has 0 atom stereocenters. The number of carbonyl (C=O) groups excluding carboxylic acids is 1. The molecule has 0 aliphatic carbocycles. The average Bonchev–Trinajstić information content (AvgIpc) is 2.89. The van der Waals surface area contributed by atoms with Crippen molar-refractivity contribution < 1.29 is 9.53 Å². The molecule has 0 saturated carbocycles. The SMILES string of the molecule is O=C(Cn1c(=O)nnn1-c1cccc(Cl)c1)N1CCOCC1. The van der Waals surface area contributed by atoms with E-state index >= 15 is 0 Å². The van der Waals surface area contributed by atoms with Crippen molar-refractivity contribution in [3.63, 3.8) is 0 Å². The van der Waals surface area contributed by atoms with Gasteiger partial charge in [-0.1, -0.05) is 22.8 Å². The highest BCUT2D eigenvalue weighted by Gasteiger charge is 2.20. The Morgan fingerprint density at radius 2 is 2.09 bits per heavy atom. The minimum Gasteiger partial charge on any atom is -0.378 e. The molecular weight excluding hydrogens is 310 g/mol. The highest BCUT2D eigenvalue weighted by atomic mass is 35.5. The number of carbonyl (C=O) groups is 1. The van der Waals surface area contributed by atoms with Crippen LogP contribution in [0.1, 0.15) is 0 Å². The zero-order valence-corrected chi connectivity index (χ0v) is 12.4. The van der Waals surface area contributed by atoms with Gasteiger partial charge in [0, 0.05) is 18.1 Å². The molecule has 0 unspecified atom stereocenters. The summed E-state index contributed by atoms with van der Waals surface area (Å²) in [7, 11) is 0. The first kappa shape index (κ1) is 14.7. The smallest absolute Gasteiger partial charge is 0.378 e. The number of benzene rings is 1. The maximum atomic E-state index is 12.3. The fourth-order valence-electron chi connectivity index (χ4n) is 2.23. The van der Waals surface area contributed by atoms with Crippen LogP contribution in [0.4, 0.5) is 0 Å². The highest BCUT2D eigenvalue weighted by molar-refractivity contribution is 6.30. The first-order valence-electron chi connectivity index (χ1n) is 6.79. The van der Waals surface area contributed by atoms with Crippen molar-refractivity contribution in [1.29, 1.82) is 0 Å². The van der Waals surface area contributed by atoms with E-state index in [4.69, 9.17) is 16.3 Å². The molecule has 0 N–H and O–H groups in total. The van der Waals surface area contributed by atoms with Crippen molar-refractivity contribution in [2.75, 3.05) is 26.3 Å². The summed E-state index contributed by atoms with van der Waals surface area (Å²) in [5.74, 6) is -0.170. The maximum Gasteiger partial charge on any atom is 0.384 e. The van der Waals surface area contributed by atoms with Gasteiger partial charge in [-0.15, -0.1) is 4.80 Å². The van der Waals surface area contributed by atoms with Crippen molar-refractivity contribution in [2.24, 2.45) is 0 Å². The van der Waals surface area contributed by atoms with Gasteiger partial charge >= 0.3 is 5.69 Å². The summed E-state index contributed by atoms with van der Waals surface area (Å²) in [5.41, 5.74) is -0.0153. The Balaban J connectivity index is 1.86. The summed E-state index contributed by atoms with van der Waals surface area (Å²) in [6.45, 7) is 1.93. The minimum atomic E-state index is -0.582. The topological polar surface area (TPSA) is 82.2 Å². The lowest BCUT2D eigenvalue weighted by Gasteiger charge is -2.26. The number of amides is 1. The van der Waals surface area contributed by atoms with Gasteiger partial charge in [0.15, 0.2) is 0 Å². The van der Waals surface area contributed by atoms with E-state index in [1.54, 1.807) is 29.2 Å². The number of aromatic nitrogens is 4. The standard InChI is InChI=1S/C13H14ClN5O3/c14-10-2-1-3-11(8-10)19-16-15-13(21)18(19)9-12(20)17-4-6-22-7-5-17/h1-3,8H,4-7,9H2. The Labute approximate surface area is 130 Å². The number of tetrazole rings is 1. The second-order valence-electron chi connectivity index (χ2n) is 4.79. The van der Waals surface area contributed by atoms with Crippen LogP contribution < -0.4 is 5.69 Å². The molecule has 0 radical (unpaired) electrons. The molecule has 1 aliphatic rings. The first-order valence-corrected chi connectivity index (χ1v) is 7.17. The van der Waals surface area contributed by atoms with Crippen LogP contribution in [0, 0.1) is 0 Å². The average molecular weight is 324 g/mol. The third kappa shape index (κ3) is 3.02. The number of halogens is 1. The van der Waals surface area contributed by atoms with Crippen LogP contribution in [-0.4, -0.2) is 56.9 Å². The number of hydrogen-bond acceptors (Lipinski definition) is 5. The Morgan fingerprint density at radius 1 is 1.32 bits per heavy atom. The quantitative estimate of drug-likeness (QED) is 0.790. The number of rotatable bonds is 3. The normalized spacial score (nSPS) is 15.0. The van der Waals surface area contributed by atoms with Gasteiger partial charge in [-0.2, -0.15) is 0 Å². The molecule has 2 heterocycles. The van der Waals surface area contributed by atoms with E-state index in [0.717, 1.165) is 0 Å². The molecule has 1 saturated heterocycles. The predicted molar refractivity (Wildman–Crippen MR) is 78.0 cm³/mol. The molecule has 0 bridgehead atoms. The van der Waals surface area contributed by atoms with E-state index < -0.39 is 5.69 Å². The zero-order chi connectivity index (χ0) is 15.5. The van der Waals surface area contributed by atoms with Gasteiger partial charge in [-0.25, -0.2) is 9.48 Å². The van der Waals surface area contributed by atoms with Gasteiger partial charge in [0.1, 0.15) is 6.54 Å². The van der Waals surface area contributed by atoms with Crippen LogP contribution in [-0.2, 0) is 16.1 Å². The van der Waals surface area contributed by atoms with Crippen LogP contribution in [0.25, 0.3) is 5.69 Å². The highest BCUT2D eigenvalue weighted by Crippen LogP contribution is 2.13. The molecule has 3 rings (SSSR count). The van der Waals surface area contributed by atoms with Crippen molar-refractivity contribution in [2.45, 2.75) is 6.54 Å². The zero-order valence-electron chi connectivity index (χ0n) is 11.7. The van der Waals surface area contributed by atoms with Crippen LogP contribution in [0.2, 0.25) is 5.02 Å². The van der Waals surface area contributed by atoms with Crippen molar-refractivity contribution >= 4 is 17.5 Å². The number of nitrogens with zero attached hydrogens (tertiary/aromatic N) is 5. The summed E-state index contributed by atoms with van der Waals surface area (Å²) in [6, 6.07) is 6.82. The second kappa shape index (κ2) is 6.29. The molecule has 1 aromatic heterocycles. The second-order valence-corrected chi connectivity index (χ2v) is 5.23. The summed E-state index contributed by atoms with van der Waals surface area (Å²) < 4.78 is 6.39. The monoisotopic (exact) mass is 323 g/mol. The van der Waals surface area contributed by atoms with Crippen molar-refractivity contribution in [1.82, 2.24) is 24.7 Å².